The summed E-state index contributed by atoms with van der Waals surface area (Å²) in [6.45, 7) is 2.09. The molecule has 2 amide bonds. The Hall–Kier alpha value is -1.86. The van der Waals surface area contributed by atoms with Crippen molar-refractivity contribution < 1.29 is 9.59 Å². The van der Waals surface area contributed by atoms with Crippen molar-refractivity contribution in [1.29, 1.82) is 5.26 Å². The summed E-state index contributed by atoms with van der Waals surface area (Å²) in [7, 11) is 0. The summed E-state index contributed by atoms with van der Waals surface area (Å²) < 4.78 is 0. The lowest BCUT2D eigenvalue weighted by molar-refractivity contribution is -0.123. The van der Waals surface area contributed by atoms with Gasteiger partial charge in [-0.05, 0) is 37.0 Å². The molecule has 1 heterocycles. The standard InChI is InChI=1S/C16H15ClN2O2/c1-2-9-5-11-12(6-9)16(21)19(15(11)20)14-4-3-10(8-18)7-13(14)17/h3-4,7,9,11-12H,2,5-6H2,1H3. The van der Waals surface area contributed by atoms with Crippen molar-refractivity contribution in [3.05, 3.63) is 28.8 Å². The number of halogens is 1. The lowest BCUT2D eigenvalue weighted by Crippen LogP contribution is -2.32. The highest BCUT2D eigenvalue weighted by atomic mass is 35.5. The molecule has 1 aliphatic carbocycles. The number of carbonyl (C=O) groups excluding carboxylic acids is 2. The van der Waals surface area contributed by atoms with E-state index in [1.165, 1.54) is 11.0 Å². The van der Waals surface area contributed by atoms with E-state index in [1.54, 1.807) is 12.1 Å². The van der Waals surface area contributed by atoms with Crippen LogP contribution in [0.4, 0.5) is 5.69 Å². The van der Waals surface area contributed by atoms with Gasteiger partial charge >= 0.3 is 0 Å². The number of hydrogen-bond donors (Lipinski definition) is 0. The van der Waals surface area contributed by atoms with E-state index in [2.05, 4.69) is 6.92 Å². The summed E-state index contributed by atoms with van der Waals surface area (Å²) in [5.74, 6) is -0.227. The number of carbonyl (C=O) groups is 2. The average molecular weight is 303 g/mol. The Morgan fingerprint density at radius 1 is 1.29 bits per heavy atom. The van der Waals surface area contributed by atoms with Crippen molar-refractivity contribution in [3.63, 3.8) is 0 Å². The van der Waals surface area contributed by atoms with Gasteiger partial charge in [0.25, 0.3) is 0 Å². The molecule has 2 aliphatic rings. The Morgan fingerprint density at radius 2 is 1.90 bits per heavy atom. The zero-order valence-electron chi connectivity index (χ0n) is 11.7. The molecule has 0 spiro atoms. The van der Waals surface area contributed by atoms with Crippen LogP contribution in [0.2, 0.25) is 5.02 Å². The number of hydrogen-bond acceptors (Lipinski definition) is 3. The summed E-state index contributed by atoms with van der Waals surface area (Å²) >= 11 is 6.13. The topological polar surface area (TPSA) is 61.2 Å². The molecule has 0 aromatic heterocycles. The average Bonchev–Trinajstić information content (AvgIpc) is 3.00. The highest BCUT2D eigenvalue weighted by Gasteiger charge is 2.53. The summed E-state index contributed by atoms with van der Waals surface area (Å²) in [5.41, 5.74) is 0.808. The molecule has 0 bridgehead atoms. The van der Waals surface area contributed by atoms with Crippen LogP contribution in [0.25, 0.3) is 0 Å². The third kappa shape index (κ3) is 2.13. The number of nitriles is 1. The minimum absolute atomic E-state index is 0.146. The molecule has 1 saturated carbocycles. The lowest BCUT2D eigenvalue weighted by atomic mass is 10.00. The van der Waals surface area contributed by atoms with E-state index < -0.39 is 0 Å². The summed E-state index contributed by atoms with van der Waals surface area (Å²) in [6.07, 6.45) is 2.58. The third-order valence-corrected chi connectivity index (χ3v) is 4.93. The van der Waals surface area contributed by atoms with Crippen LogP contribution in [0.1, 0.15) is 31.7 Å². The van der Waals surface area contributed by atoms with Crippen LogP contribution in [0.15, 0.2) is 18.2 Å². The maximum absolute atomic E-state index is 12.5. The van der Waals surface area contributed by atoms with E-state index in [1.807, 2.05) is 6.07 Å². The molecule has 3 rings (SSSR count). The van der Waals surface area contributed by atoms with Gasteiger partial charge in [-0.15, -0.1) is 0 Å². The molecule has 1 aliphatic heterocycles. The van der Waals surface area contributed by atoms with E-state index in [9.17, 15) is 9.59 Å². The zero-order valence-corrected chi connectivity index (χ0v) is 12.4. The molecule has 0 N–H and O–H groups in total. The maximum Gasteiger partial charge on any atom is 0.237 e. The second-order valence-electron chi connectivity index (χ2n) is 5.75. The number of amides is 2. The maximum atomic E-state index is 12.5. The fourth-order valence-electron chi connectivity index (χ4n) is 3.46. The highest BCUT2D eigenvalue weighted by Crippen LogP contribution is 2.46. The van der Waals surface area contributed by atoms with Crippen molar-refractivity contribution in [3.8, 4) is 6.07 Å². The Labute approximate surface area is 128 Å². The third-order valence-electron chi connectivity index (χ3n) is 4.63. The molecule has 1 aromatic carbocycles. The highest BCUT2D eigenvalue weighted by molar-refractivity contribution is 6.36. The predicted octanol–water partition coefficient (Wildman–Crippen LogP) is 3.14. The molecule has 21 heavy (non-hydrogen) atoms. The summed E-state index contributed by atoms with van der Waals surface area (Å²) in [6, 6.07) is 6.63. The van der Waals surface area contributed by atoms with Gasteiger partial charge < -0.3 is 0 Å². The van der Waals surface area contributed by atoms with E-state index in [-0.39, 0.29) is 28.7 Å². The monoisotopic (exact) mass is 302 g/mol. The quantitative estimate of drug-likeness (QED) is 0.789. The van der Waals surface area contributed by atoms with Crippen LogP contribution in [-0.4, -0.2) is 11.8 Å². The van der Waals surface area contributed by atoms with Crippen molar-refractivity contribution in [2.75, 3.05) is 4.90 Å². The Kier molecular flexibility index (Phi) is 3.46. The van der Waals surface area contributed by atoms with Crippen molar-refractivity contribution >= 4 is 29.1 Å². The molecule has 2 unspecified atom stereocenters. The zero-order chi connectivity index (χ0) is 15.1. The molecular weight excluding hydrogens is 288 g/mol. The van der Waals surface area contributed by atoms with E-state index in [0.717, 1.165) is 19.3 Å². The lowest BCUT2D eigenvalue weighted by Gasteiger charge is -2.18. The Balaban J connectivity index is 1.94. The van der Waals surface area contributed by atoms with Gasteiger partial charge in [-0.1, -0.05) is 24.9 Å². The molecule has 0 radical (unpaired) electrons. The van der Waals surface area contributed by atoms with Gasteiger partial charge in [0.05, 0.1) is 34.2 Å². The Morgan fingerprint density at radius 3 is 2.38 bits per heavy atom. The largest absolute Gasteiger partial charge is 0.274 e. The first-order chi connectivity index (χ1) is 10.1. The van der Waals surface area contributed by atoms with Gasteiger partial charge in [0.15, 0.2) is 0 Å². The van der Waals surface area contributed by atoms with Crippen molar-refractivity contribution in [2.24, 2.45) is 17.8 Å². The normalized spacial score (nSPS) is 27.9. The van der Waals surface area contributed by atoms with E-state index in [4.69, 9.17) is 16.9 Å². The second-order valence-corrected chi connectivity index (χ2v) is 6.16. The first-order valence-corrected chi connectivity index (χ1v) is 7.52. The van der Waals surface area contributed by atoms with Gasteiger partial charge in [0.1, 0.15) is 0 Å². The molecule has 1 aromatic rings. The smallest absolute Gasteiger partial charge is 0.237 e. The van der Waals surface area contributed by atoms with E-state index in [0.29, 0.717) is 17.2 Å². The number of benzene rings is 1. The van der Waals surface area contributed by atoms with Crippen LogP contribution in [-0.2, 0) is 9.59 Å². The molecule has 108 valence electrons. The molecule has 2 fully saturated rings. The minimum Gasteiger partial charge on any atom is -0.274 e. The molecular formula is C16H15ClN2O2. The minimum atomic E-state index is -0.200. The van der Waals surface area contributed by atoms with Crippen LogP contribution < -0.4 is 4.90 Å². The fourth-order valence-corrected chi connectivity index (χ4v) is 3.72. The Bertz CT molecular complexity index is 641. The van der Waals surface area contributed by atoms with Crippen LogP contribution >= 0.6 is 11.6 Å². The van der Waals surface area contributed by atoms with E-state index >= 15 is 0 Å². The van der Waals surface area contributed by atoms with Gasteiger partial charge in [-0.25, -0.2) is 4.90 Å². The van der Waals surface area contributed by atoms with Crippen LogP contribution in [0.5, 0.6) is 0 Å². The first kappa shape index (κ1) is 14.1. The molecule has 4 nitrogen and oxygen atoms in total. The number of fused-ring (bicyclic) bond motifs is 1. The fraction of sp³-hybridized carbons (Fsp3) is 0.438. The number of anilines is 1. The SMILES string of the molecule is CCC1CC2C(=O)N(c3ccc(C#N)cc3Cl)C(=O)C2C1. The number of imide groups is 1. The summed E-state index contributed by atoms with van der Waals surface area (Å²) in [4.78, 5) is 26.3. The second kappa shape index (κ2) is 5.16. The predicted molar refractivity (Wildman–Crippen MR) is 78.7 cm³/mol. The number of nitrogens with zero attached hydrogens (tertiary/aromatic N) is 2. The number of rotatable bonds is 2. The van der Waals surface area contributed by atoms with Gasteiger partial charge in [-0.2, -0.15) is 5.26 Å². The van der Waals surface area contributed by atoms with Crippen LogP contribution in [0.3, 0.4) is 0 Å². The van der Waals surface area contributed by atoms with Gasteiger partial charge in [0, 0.05) is 0 Å². The molecule has 2 atom stereocenters. The van der Waals surface area contributed by atoms with Crippen LogP contribution in [0, 0.1) is 29.1 Å². The van der Waals surface area contributed by atoms with Crippen molar-refractivity contribution in [2.45, 2.75) is 26.2 Å². The van der Waals surface area contributed by atoms with Gasteiger partial charge in [-0.3, -0.25) is 9.59 Å². The molecule has 1 saturated heterocycles. The molecule has 5 heteroatoms. The summed E-state index contributed by atoms with van der Waals surface area (Å²) in [5, 5.41) is 9.12. The van der Waals surface area contributed by atoms with Crippen molar-refractivity contribution in [1.82, 2.24) is 0 Å². The first-order valence-electron chi connectivity index (χ1n) is 7.14. The van der Waals surface area contributed by atoms with Gasteiger partial charge in [0.2, 0.25) is 11.8 Å².